The van der Waals surface area contributed by atoms with E-state index in [9.17, 15) is 4.79 Å². The van der Waals surface area contributed by atoms with Crippen molar-refractivity contribution in [1.82, 2.24) is 15.5 Å². The highest BCUT2D eigenvalue weighted by molar-refractivity contribution is 5.91. The van der Waals surface area contributed by atoms with Gasteiger partial charge in [-0.1, -0.05) is 18.2 Å². The van der Waals surface area contributed by atoms with Gasteiger partial charge in [-0.25, -0.2) is 4.79 Å². The van der Waals surface area contributed by atoms with Gasteiger partial charge in [-0.3, -0.25) is 5.10 Å². The van der Waals surface area contributed by atoms with Crippen LogP contribution in [-0.2, 0) is 4.74 Å². The minimum absolute atomic E-state index is 0.136. The van der Waals surface area contributed by atoms with Crippen molar-refractivity contribution in [1.29, 1.82) is 0 Å². The molecule has 2 aromatic rings. The van der Waals surface area contributed by atoms with Crippen molar-refractivity contribution in [3.8, 4) is 0 Å². The first kappa shape index (κ1) is 15.6. The summed E-state index contributed by atoms with van der Waals surface area (Å²) in [6, 6.07) is 6.34. The zero-order valence-electron chi connectivity index (χ0n) is 13.8. The molecule has 0 aliphatic heterocycles. The molecule has 122 valence electrons. The van der Waals surface area contributed by atoms with Crippen LogP contribution in [0.5, 0.6) is 0 Å². The fourth-order valence-corrected chi connectivity index (χ4v) is 2.93. The molecule has 5 nitrogen and oxygen atoms in total. The van der Waals surface area contributed by atoms with Crippen LogP contribution >= 0.6 is 0 Å². The molecular formula is C18H23N3O2. The summed E-state index contributed by atoms with van der Waals surface area (Å²) in [5.74, 6) is 0. The molecule has 0 bridgehead atoms. The first-order chi connectivity index (χ1) is 10.9. The molecule has 5 heteroatoms. The van der Waals surface area contributed by atoms with Crippen LogP contribution in [0.2, 0.25) is 0 Å². The Morgan fingerprint density at radius 1 is 1.39 bits per heavy atom. The number of hydrogen-bond acceptors (Lipinski definition) is 3. The number of alkyl carbamates (subject to hydrolysis) is 1. The van der Waals surface area contributed by atoms with E-state index in [1.807, 2.05) is 39.1 Å². The largest absolute Gasteiger partial charge is 0.444 e. The normalized spacial score (nSPS) is 18.6. The number of rotatable bonds is 2. The highest BCUT2D eigenvalue weighted by Gasteiger charge is 2.22. The standard InChI is InChI=1S/C18H23N3O2/c1-18(2,3)23-17(22)20-13-9-7-12(8-10-13)14-5-4-6-16-15(14)11-19-21-16/h4-7,11,13H,8-10H2,1-3H3,(H,19,21)(H,20,22). The second kappa shape index (κ2) is 6.07. The van der Waals surface area contributed by atoms with Crippen LogP contribution < -0.4 is 5.32 Å². The summed E-state index contributed by atoms with van der Waals surface area (Å²) in [5.41, 5.74) is 3.14. The van der Waals surface area contributed by atoms with E-state index in [4.69, 9.17) is 4.74 Å². The molecular weight excluding hydrogens is 290 g/mol. The maximum atomic E-state index is 11.9. The molecule has 0 saturated heterocycles. The van der Waals surface area contributed by atoms with Gasteiger partial charge in [0.25, 0.3) is 0 Å². The molecule has 0 spiro atoms. The molecule has 0 fully saturated rings. The number of amides is 1. The predicted octanol–water partition coefficient (Wildman–Crippen LogP) is 4.02. The number of H-pyrrole nitrogens is 1. The third-order valence-corrected chi connectivity index (χ3v) is 3.96. The number of benzene rings is 1. The number of aromatic nitrogens is 2. The number of fused-ring (bicyclic) bond motifs is 1. The van der Waals surface area contributed by atoms with Crippen LogP contribution in [-0.4, -0.2) is 27.9 Å². The lowest BCUT2D eigenvalue weighted by Crippen LogP contribution is -2.39. The van der Waals surface area contributed by atoms with E-state index in [0.29, 0.717) is 0 Å². The van der Waals surface area contributed by atoms with Crippen molar-refractivity contribution in [2.75, 3.05) is 0 Å². The van der Waals surface area contributed by atoms with Crippen LogP contribution in [0.15, 0.2) is 30.5 Å². The van der Waals surface area contributed by atoms with Gasteiger partial charge in [0.05, 0.1) is 11.7 Å². The molecule has 2 N–H and O–H groups in total. The van der Waals surface area contributed by atoms with Crippen LogP contribution in [0.3, 0.4) is 0 Å². The third kappa shape index (κ3) is 3.73. The van der Waals surface area contributed by atoms with Crippen LogP contribution in [0, 0.1) is 0 Å². The van der Waals surface area contributed by atoms with Gasteiger partial charge in [-0.15, -0.1) is 0 Å². The second-order valence-electron chi connectivity index (χ2n) is 6.98. The summed E-state index contributed by atoms with van der Waals surface area (Å²) >= 11 is 0. The molecule has 1 heterocycles. The van der Waals surface area contributed by atoms with E-state index in [-0.39, 0.29) is 12.1 Å². The minimum Gasteiger partial charge on any atom is -0.444 e. The average molecular weight is 313 g/mol. The topological polar surface area (TPSA) is 67.0 Å². The zero-order chi connectivity index (χ0) is 16.4. The Hall–Kier alpha value is -2.30. The molecule has 23 heavy (non-hydrogen) atoms. The quantitative estimate of drug-likeness (QED) is 0.880. The Morgan fingerprint density at radius 2 is 2.22 bits per heavy atom. The monoisotopic (exact) mass is 313 g/mol. The average Bonchev–Trinajstić information content (AvgIpc) is 2.94. The zero-order valence-corrected chi connectivity index (χ0v) is 13.8. The summed E-state index contributed by atoms with van der Waals surface area (Å²) in [5, 5.41) is 11.2. The molecule has 1 atom stereocenters. The van der Waals surface area contributed by atoms with Crippen molar-refractivity contribution in [3.05, 3.63) is 36.0 Å². The van der Waals surface area contributed by atoms with Crippen LogP contribution in [0.4, 0.5) is 4.79 Å². The Balaban J connectivity index is 1.67. The molecule has 3 rings (SSSR count). The van der Waals surface area contributed by atoms with E-state index < -0.39 is 5.60 Å². The number of nitrogens with one attached hydrogen (secondary N) is 2. The molecule has 1 aliphatic rings. The van der Waals surface area contributed by atoms with Gasteiger partial charge >= 0.3 is 6.09 Å². The maximum absolute atomic E-state index is 11.9. The number of nitrogens with zero attached hydrogens (tertiary/aromatic N) is 1. The molecule has 0 saturated carbocycles. The SMILES string of the molecule is CC(C)(C)OC(=O)NC1CC=C(c2cccc3[nH]ncc23)CC1. The molecule has 0 radical (unpaired) electrons. The number of aromatic amines is 1. The smallest absolute Gasteiger partial charge is 0.407 e. The van der Waals surface area contributed by atoms with Crippen molar-refractivity contribution in [2.45, 2.75) is 51.7 Å². The van der Waals surface area contributed by atoms with Gasteiger partial charge in [0.15, 0.2) is 0 Å². The molecule has 1 aromatic heterocycles. The Bertz CT molecular complexity index is 740. The summed E-state index contributed by atoms with van der Waals surface area (Å²) in [6.45, 7) is 5.62. The summed E-state index contributed by atoms with van der Waals surface area (Å²) < 4.78 is 5.32. The Kier molecular flexibility index (Phi) is 4.11. The molecule has 1 aromatic carbocycles. The highest BCUT2D eigenvalue weighted by Crippen LogP contribution is 2.31. The van der Waals surface area contributed by atoms with Crippen LogP contribution in [0.1, 0.15) is 45.6 Å². The Morgan fingerprint density at radius 3 is 2.91 bits per heavy atom. The summed E-state index contributed by atoms with van der Waals surface area (Å²) in [7, 11) is 0. The van der Waals surface area contributed by atoms with Gasteiger partial charge in [0.1, 0.15) is 5.60 Å². The third-order valence-electron chi connectivity index (χ3n) is 3.96. The lowest BCUT2D eigenvalue weighted by molar-refractivity contribution is 0.0502. The summed E-state index contributed by atoms with van der Waals surface area (Å²) in [6.07, 6.45) is 6.42. The predicted molar refractivity (Wildman–Crippen MR) is 91.1 cm³/mol. The lowest BCUT2D eigenvalue weighted by Gasteiger charge is -2.26. The van der Waals surface area contributed by atoms with Gasteiger partial charge in [0.2, 0.25) is 0 Å². The van der Waals surface area contributed by atoms with E-state index in [1.54, 1.807) is 0 Å². The van der Waals surface area contributed by atoms with E-state index in [2.05, 4.69) is 27.7 Å². The van der Waals surface area contributed by atoms with E-state index >= 15 is 0 Å². The number of carbonyl (C=O) groups is 1. The van der Waals surface area contributed by atoms with Gasteiger partial charge in [-0.05, 0) is 57.2 Å². The molecule has 1 amide bonds. The van der Waals surface area contributed by atoms with Gasteiger partial charge in [0, 0.05) is 11.4 Å². The number of allylic oxidation sites excluding steroid dienone is 1. The summed E-state index contributed by atoms with van der Waals surface area (Å²) in [4.78, 5) is 11.9. The maximum Gasteiger partial charge on any atom is 0.407 e. The first-order valence-electron chi connectivity index (χ1n) is 8.03. The number of ether oxygens (including phenoxy) is 1. The van der Waals surface area contributed by atoms with E-state index in [1.165, 1.54) is 11.1 Å². The first-order valence-corrected chi connectivity index (χ1v) is 8.03. The second-order valence-corrected chi connectivity index (χ2v) is 6.98. The van der Waals surface area contributed by atoms with Gasteiger partial charge < -0.3 is 10.1 Å². The fraction of sp³-hybridized carbons (Fsp3) is 0.444. The van der Waals surface area contributed by atoms with Crippen molar-refractivity contribution in [3.63, 3.8) is 0 Å². The van der Waals surface area contributed by atoms with E-state index in [0.717, 1.165) is 30.2 Å². The highest BCUT2D eigenvalue weighted by atomic mass is 16.6. The number of carbonyl (C=O) groups excluding carboxylic acids is 1. The minimum atomic E-state index is -0.462. The fourth-order valence-electron chi connectivity index (χ4n) is 2.93. The molecule has 1 unspecified atom stereocenters. The van der Waals surface area contributed by atoms with Crippen LogP contribution in [0.25, 0.3) is 16.5 Å². The van der Waals surface area contributed by atoms with Crippen molar-refractivity contribution in [2.24, 2.45) is 0 Å². The van der Waals surface area contributed by atoms with Crippen molar-refractivity contribution < 1.29 is 9.53 Å². The lowest BCUT2D eigenvalue weighted by atomic mass is 9.89. The molecule has 1 aliphatic carbocycles. The van der Waals surface area contributed by atoms with Gasteiger partial charge in [-0.2, -0.15) is 5.10 Å². The Labute approximate surface area is 136 Å². The van der Waals surface area contributed by atoms with Crippen molar-refractivity contribution >= 4 is 22.6 Å². The number of hydrogen-bond donors (Lipinski definition) is 2.